The highest BCUT2D eigenvalue weighted by Gasteiger charge is 2.11. The van der Waals surface area contributed by atoms with Gasteiger partial charge in [-0.3, -0.25) is 9.89 Å². The van der Waals surface area contributed by atoms with Gasteiger partial charge in [-0.25, -0.2) is 4.98 Å². The Bertz CT molecular complexity index is 928. The largest absolute Gasteiger partial charge is 0.497 e. The van der Waals surface area contributed by atoms with Crippen molar-refractivity contribution in [2.45, 2.75) is 25.9 Å². The van der Waals surface area contributed by atoms with Crippen LogP contribution in [0.25, 0.3) is 11.4 Å². The fourth-order valence-electron chi connectivity index (χ4n) is 2.87. The molecule has 7 heteroatoms. The van der Waals surface area contributed by atoms with Crippen LogP contribution >= 0.6 is 11.8 Å². The van der Waals surface area contributed by atoms with Crippen molar-refractivity contribution in [3.63, 3.8) is 0 Å². The van der Waals surface area contributed by atoms with E-state index in [0.29, 0.717) is 11.0 Å². The van der Waals surface area contributed by atoms with Crippen molar-refractivity contribution in [2.24, 2.45) is 0 Å². The topological polar surface area (TPSA) is 79.9 Å². The monoisotopic (exact) mass is 382 g/mol. The average Bonchev–Trinajstić information content (AvgIpc) is 3.12. The molecule has 0 saturated heterocycles. The van der Waals surface area contributed by atoms with Crippen LogP contribution in [-0.2, 0) is 4.79 Å². The summed E-state index contributed by atoms with van der Waals surface area (Å²) in [7, 11) is 1.63. The van der Waals surface area contributed by atoms with Gasteiger partial charge in [0, 0.05) is 11.3 Å². The maximum atomic E-state index is 12.3. The molecule has 0 atom stereocenters. The zero-order valence-corrected chi connectivity index (χ0v) is 16.6. The van der Waals surface area contributed by atoms with Crippen LogP contribution in [0.2, 0.25) is 0 Å². The average molecular weight is 382 g/mol. The third-order valence-corrected chi connectivity index (χ3v) is 4.95. The molecule has 0 aliphatic carbocycles. The van der Waals surface area contributed by atoms with Gasteiger partial charge in [-0.05, 0) is 56.2 Å². The van der Waals surface area contributed by atoms with E-state index in [0.717, 1.165) is 28.1 Å². The second-order valence-corrected chi connectivity index (χ2v) is 7.25. The number of rotatable bonds is 6. The van der Waals surface area contributed by atoms with Gasteiger partial charge in [0.1, 0.15) is 5.75 Å². The molecule has 3 rings (SSSR count). The number of aryl methyl sites for hydroxylation is 3. The van der Waals surface area contributed by atoms with Crippen molar-refractivity contribution in [2.75, 3.05) is 18.2 Å². The van der Waals surface area contributed by atoms with E-state index in [1.807, 2.05) is 45.0 Å². The highest BCUT2D eigenvalue weighted by molar-refractivity contribution is 7.99. The summed E-state index contributed by atoms with van der Waals surface area (Å²) in [6.45, 7) is 6.05. The van der Waals surface area contributed by atoms with Crippen LogP contribution in [0.3, 0.4) is 0 Å². The van der Waals surface area contributed by atoms with E-state index in [9.17, 15) is 4.79 Å². The molecule has 0 fully saturated rings. The Morgan fingerprint density at radius 3 is 2.44 bits per heavy atom. The number of ether oxygens (including phenoxy) is 1. The Morgan fingerprint density at radius 2 is 1.81 bits per heavy atom. The second-order valence-electron chi connectivity index (χ2n) is 6.31. The molecular formula is C20H22N4O2S. The first-order chi connectivity index (χ1) is 13.0. The first-order valence-electron chi connectivity index (χ1n) is 8.53. The molecule has 1 heterocycles. The molecule has 1 amide bonds. The lowest BCUT2D eigenvalue weighted by atomic mass is 10.1. The number of methoxy groups -OCH3 is 1. The third kappa shape index (κ3) is 4.68. The molecular weight excluding hydrogens is 360 g/mol. The number of anilines is 1. The van der Waals surface area contributed by atoms with Crippen molar-refractivity contribution >= 4 is 23.4 Å². The lowest BCUT2D eigenvalue weighted by molar-refractivity contribution is -0.113. The van der Waals surface area contributed by atoms with Crippen LogP contribution in [0, 0.1) is 20.8 Å². The van der Waals surface area contributed by atoms with Gasteiger partial charge in [0.25, 0.3) is 0 Å². The summed E-state index contributed by atoms with van der Waals surface area (Å²) in [5.74, 6) is 1.61. The number of carbonyl (C=O) groups excluding carboxylic acids is 1. The molecule has 6 nitrogen and oxygen atoms in total. The number of H-pyrrole nitrogens is 1. The minimum atomic E-state index is -0.0779. The minimum absolute atomic E-state index is 0.0779. The molecule has 0 saturated carbocycles. The Kier molecular flexibility index (Phi) is 5.81. The Balaban J connectivity index is 1.60. The van der Waals surface area contributed by atoms with Gasteiger partial charge in [0.2, 0.25) is 11.1 Å². The van der Waals surface area contributed by atoms with Crippen LogP contribution in [0.1, 0.15) is 16.7 Å². The maximum Gasteiger partial charge on any atom is 0.234 e. The number of carbonyl (C=O) groups is 1. The molecule has 2 N–H and O–H groups in total. The lowest BCUT2D eigenvalue weighted by Gasteiger charge is -2.12. The maximum absolute atomic E-state index is 12.3. The van der Waals surface area contributed by atoms with Gasteiger partial charge in [0.15, 0.2) is 5.82 Å². The molecule has 0 radical (unpaired) electrons. The van der Waals surface area contributed by atoms with E-state index in [1.54, 1.807) is 7.11 Å². The molecule has 0 unspecified atom stereocenters. The number of nitrogens with one attached hydrogen (secondary N) is 2. The van der Waals surface area contributed by atoms with Crippen molar-refractivity contribution in [1.29, 1.82) is 0 Å². The summed E-state index contributed by atoms with van der Waals surface area (Å²) in [5, 5.41) is 10.6. The first kappa shape index (κ1) is 19.0. The van der Waals surface area contributed by atoms with E-state index in [4.69, 9.17) is 4.74 Å². The molecule has 27 heavy (non-hydrogen) atoms. The number of hydrogen-bond acceptors (Lipinski definition) is 5. The summed E-state index contributed by atoms with van der Waals surface area (Å²) in [6.07, 6.45) is 0. The highest BCUT2D eigenvalue weighted by Crippen LogP contribution is 2.24. The SMILES string of the molecule is COc1ccc(-c2nc(SCC(=O)Nc3c(C)cc(C)cc3C)n[nH]2)cc1. The zero-order chi connectivity index (χ0) is 19.4. The number of aromatic nitrogens is 3. The van der Waals surface area contributed by atoms with E-state index in [1.165, 1.54) is 17.3 Å². The fourth-order valence-corrected chi connectivity index (χ4v) is 3.47. The smallest absolute Gasteiger partial charge is 0.234 e. The first-order valence-corrected chi connectivity index (χ1v) is 9.52. The quantitative estimate of drug-likeness (QED) is 0.627. The summed E-state index contributed by atoms with van der Waals surface area (Å²) in [4.78, 5) is 16.7. The van der Waals surface area contributed by atoms with Crippen molar-refractivity contribution in [3.05, 3.63) is 53.1 Å². The van der Waals surface area contributed by atoms with E-state index in [2.05, 4.69) is 32.6 Å². The number of benzene rings is 2. The van der Waals surface area contributed by atoms with Gasteiger partial charge < -0.3 is 10.1 Å². The van der Waals surface area contributed by atoms with Gasteiger partial charge in [-0.1, -0.05) is 29.5 Å². The highest BCUT2D eigenvalue weighted by atomic mass is 32.2. The van der Waals surface area contributed by atoms with Gasteiger partial charge >= 0.3 is 0 Å². The van der Waals surface area contributed by atoms with Crippen LogP contribution < -0.4 is 10.1 Å². The summed E-state index contributed by atoms with van der Waals surface area (Å²) in [6, 6.07) is 11.7. The number of amides is 1. The van der Waals surface area contributed by atoms with E-state index >= 15 is 0 Å². The summed E-state index contributed by atoms with van der Waals surface area (Å²) in [5.41, 5.74) is 5.09. The van der Waals surface area contributed by atoms with Crippen molar-refractivity contribution < 1.29 is 9.53 Å². The van der Waals surface area contributed by atoms with Crippen LogP contribution in [0.5, 0.6) is 5.75 Å². The number of thioether (sulfide) groups is 1. The van der Waals surface area contributed by atoms with Gasteiger partial charge in [0.05, 0.1) is 12.9 Å². The molecule has 140 valence electrons. The molecule has 0 bridgehead atoms. The standard InChI is InChI=1S/C20H22N4O2S/c1-12-9-13(2)18(14(3)10-12)21-17(25)11-27-20-22-19(23-24-20)15-5-7-16(26-4)8-6-15/h5-10H,11H2,1-4H3,(H,21,25)(H,22,23,24). The van der Waals surface area contributed by atoms with Crippen LogP contribution in [-0.4, -0.2) is 34.0 Å². The second kappa shape index (κ2) is 8.26. The predicted molar refractivity (Wildman–Crippen MR) is 108 cm³/mol. The Morgan fingerprint density at radius 1 is 1.15 bits per heavy atom. The molecule has 1 aromatic heterocycles. The summed E-state index contributed by atoms with van der Waals surface area (Å²) >= 11 is 1.30. The van der Waals surface area contributed by atoms with Crippen LogP contribution in [0.4, 0.5) is 5.69 Å². The van der Waals surface area contributed by atoms with E-state index < -0.39 is 0 Å². The molecule has 0 spiro atoms. The Hall–Kier alpha value is -2.80. The molecule has 0 aliphatic heterocycles. The predicted octanol–water partition coefficient (Wildman–Crippen LogP) is 4.14. The van der Waals surface area contributed by atoms with Gasteiger partial charge in [-0.2, -0.15) is 0 Å². The fraction of sp³-hybridized carbons (Fsp3) is 0.250. The molecule has 0 aliphatic rings. The summed E-state index contributed by atoms with van der Waals surface area (Å²) < 4.78 is 5.15. The van der Waals surface area contributed by atoms with Crippen molar-refractivity contribution in [3.8, 4) is 17.1 Å². The van der Waals surface area contributed by atoms with Gasteiger partial charge in [-0.15, -0.1) is 5.10 Å². The minimum Gasteiger partial charge on any atom is -0.497 e. The lowest BCUT2D eigenvalue weighted by Crippen LogP contribution is -2.16. The molecule has 3 aromatic rings. The van der Waals surface area contributed by atoms with E-state index in [-0.39, 0.29) is 11.7 Å². The normalized spacial score (nSPS) is 10.7. The number of nitrogens with zero attached hydrogens (tertiary/aromatic N) is 2. The van der Waals surface area contributed by atoms with Crippen LogP contribution in [0.15, 0.2) is 41.6 Å². The third-order valence-electron chi connectivity index (χ3n) is 4.10. The zero-order valence-electron chi connectivity index (χ0n) is 15.8. The number of aromatic amines is 1. The Labute approximate surface area is 162 Å². The molecule has 2 aromatic carbocycles. The van der Waals surface area contributed by atoms with Crippen molar-refractivity contribution in [1.82, 2.24) is 15.2 Å². The number of hydrogen-bond donors (Lipinski definition) is 2.